The molecule has 12 heteroatoms. The lowest BCUT2D eigenvalue weighted by Gasteiger charge is -2.55. The van der Waals surface area contributed by atoms with Gasteiger partial charge in [0.25, 0.3) is 5.69 Å². The number of nitro benzene ring substituents is 1. The molecule has 2 aliphatic rings. The number of carbonyl (C=O) groups excluding carboxylic acids is 1. The lowest BCUT2D eigenvalue weighted by atomic mass is 9.62. The van der Waals surface area contributed by atoms with Crippen LogP contribution in [0.2, 0.25) is 5.02 Å². The molecule has 1 spiro atoms. The molecule has 0 radical (unpaired) electrons. The van der Waals surface area contributed by atoms with Gasteiger partial charge in [-0.2, -0.15) is 4.98 Å². The zero-order valence-corrected chi connectivity index (χ0v) is 21.3. The summed E-state index contributed by atoms with van der Waals surface area (Å²) in [6.07, 6.45) is 2.53. The van der Waals surface area contributed by atoms with E-state index >= 15 is 0 Å². The van der Waals surface area contributed by atoms with Crippen LogP contribution in [0.25, 0.3) is 0 Å². The highest BCUT2D eigenvalue weighted by Gasteiger charge is 2.53. The number of ketones is 1. The van der Waals surface area contributed by atoms with Crippen molar-refractivity contribution in [2.24, 2.45) is 5.41 Å². The maximum absolute atomic E-state index is 12.7. The number of nitro groups is 1. The third-order valence-corrected chi connectivity index (χ3v) is 8.27. The summed E-state index contributed by atoms with van der Waals surface area (Å²) in [5.41, 5.74) is 1.54. The van der Waals surface area contributed by atoms with Crippen LogP contribution in [0.5, 0.6) is 0 Å². The largest absolute Gasteiger partial charge is 0.365 e. The van der Waals surface area contributed by atoms with E-state index in [2.05, 4.69) is 20.6 Å². The molecule has 0 bridgehead atoms. The molecule has 186 valence electrons. The average molecular weight is 527 g/mol. The van der Waals surface area contributed by atoms with E-state index in [1.807, 2.05) is 17.0 Å². The van der Waals surface area contributed by atoms with E-state index in [4.69, 9.17) is 11.6 Å². The molecule has 1 aliphatic carbocycles. The highest BCUT2D eigenvalue weighted by molar-refractivity contribution is 7.70. The van der Waals surface area contributed by atoms with E-state index in [-0.39, 0.29) is 27.9 Å². The first kappa shape index (κ1) is 24.2. The summed E-state index contributed by atoms with van der Waals surface area (Å²) in [7, 11) is -2.56. The van der Waals surface area contributed by atoms with Crippen LogP contribution < -0.4 is 20.8 Å². The van der Waals surface area contributed by atoms with Gasteiger partial charge < -0.3 is 20.1 Å². The first-order valence-corrected chi connectivity index (χ1v) is 14.3. The van der Waals surface area contributed by atoms with E-state index in [1.165, 1.54) is 12.3 Å². The Balaban J connectivity index is 1.36. The van der Waals surface area contributed by atoms with Gasteiger partial charge in [-0.3, -0.25) is 14.9 Å². The fourth-order valence-corrected chi connectivity index (χ4v) is 6.07. The molecular formula is C24H24ClN6O4P. The molecule has 2 fully saturated rings. The highest BCUT2D eigenvalue weighted by atomic mass is 35.5. The van der Waals surface area contributed by atoms with Gasteiger partial charge in [0.05, 0.1) is 16.8 Å². The molecule has 1 saturated carbocycles. The second-order valence-corrected chi connectivity index (χ2v) is 13.3. The van der Waals surface area contributed by atoms with Crippen LogP contribution in [0, 0.1) is 15.5 Å². The molecule has 36 heavy (non-hydrogen) atoms. The minimum atomic E-state index is -2.56. The van der Waals surface area contributed by atoms with Crippen molar-refractivity contribution in [2.75, 3.05) is 42.0 Å². The second-order valence-electron chi connectivity index (χ2n) is 9.72. The number of carbonyl (C=O) groups is 1. The molecule has 1 aromatic heterocycles. The van der Waals surface area contributed by atoms with Crippen molar-refractivity contribution in [3.8, 4) is 0 Å². The Labute approximate surface area is 212 Å². The smallest absolute Gasteiger partial charge is 0.294 e. The second kappa shape index (κ2) is 8.87. The predicted molar refractivity (Wildman–Crippen MR) is 141 cm³/mol. The number of hydrogen-bond acceptors (Lipinski definition) is 9. The lowest BCUT2D eigenvalue weighted by Crippen LogP contribution is -2.62. The Morgan fingerprint density at radius 1 is 1.14 bits per heavy atom. The number of rotatable bonds is 7. The summed E-state index contributed by atoms with van der Waals surface area (Å²) in [5, 5.41) is 18.9. The molecule has 5 rings (SSSR count). The van der Waals surface area contributed by atoms with Crippen molar-refractivity contribution in [1.82, 2.24) is 9.97 Å². The molecule has 2 N–H and O–H groups in total. The predicted octanol–water partition coefficient (Wildman–Crippen LogP) is 4.94. The van der Waals surface area contributed by atoms with E-state index in [1.54, 1.807) is 37.6 Å². The van der Waals surface area contributed by atoms with Gasteiger partial charge in [-0.25, -0.2) is 4.98 Å². The molecular weight excluding hydrogens is 503 g/mol. The third kappa shape index (κ3) is 4.66. The normalized spacial score (nSPS) is 16.3. The average Bonchev–Trinajstić information content (AvgIpc) is 2.77. The summed E-state index contributed by atoms with van der Waals surface area (Å²) in [4.78, 5) is 33.3. The van der Waals surface area contributed by atoms with Crippen molar-refractivity contribution < 1.29 is 14.3 Å². The summed E-state index contributed by atoms with van der Waals surface area (Å²) >= 11 is 6.31. The first-order valence-electron chi connectivity index (χ1n) is 11.3. The highest BCUT2D eigenvalue weighted by Crippen LogP contribution is 2.49. The van der Waals surface area contributed by atoms with Gasteiger partial charge >= 0.3 is 0 Å². The Morgan fingerprint density at radius 3 is 2.53 bits per heavy atom. The van der Waals surface area contributed by atoms with Crippen LogP contribution in [0.15, 0.2) is 48.7 Å². The topological polar surface area (TPSA) is 130 Å². The standard InChI is InChI=1S/C24H24ClN6O4P/c1-36(2,35)21-6-4-3-5-18(21)28-22-17(25)12-26-23(29-22)27-15-7-8-19(20(9-15)31(33)34)30-13-24(14-30)10-16(32)11-24/h3-9,12H,10-11,13-14H2,1-2H3,(H2,26,27,28,29). The van der Waals surface area contributed by atoms with Crippen LogP contribution >= 0.6 is 18.7 Å². The van der Waals surface area contributed by atoms with Crippen LogP contribution in [0.4, 0.5) is 34.5 Å². The molecule has 0 unspecified atom stereocenters. The molecule has 0 amide bonds. The van der Waals surface area contributed by atoms with Crippen molar-refractivity contribution in [3.63, 3.8) is 0 Å². The van der Waals surface area contributed by atoms with Crippen LogP contribution in [-0.4, -0.2) is 47.1 Å². The number of hydrogen-bond donors (Lipinski definition) is 2. The van der Waals surface area contributed by atoms with Crippen LogP contribution in [0.3, 0.4) is 0 Å². The van der Waals surface area contributed by atoms with E-state index < -0.39 is 12.1 Å². The number of halogens is 1. The Kier molecular flexibility index (Phi) is 5.97. The quantitative estimate of drug-likeness (QED) is 0.249. The number of benzene rings is 2. The lowest BCUT2D eigenvalue weighted by molar-refractivity contribution is -0.384. The van der Waals surface area contributed by atoms with E-state index in [9.17, 15) is 19.5 Å². The molecule has 3 aromatic rings. The number of para-hydroxylation sites is 1. The number of nitrogens with one attached hydrogen (secondary N) is 2. The summed E-state index contributed by atoms with van der Waals surface area (Å²) in [6, 6.07) is 12.1. The summed E-state index contributed by atoms with van der Waals surface area (Å²) in [5.74, 6) is 0.748. The number of Topliss-reactive ketones (excluding diaryl/α,β-unsaturated/α-hetero) is 1. The SMILES string of the molecule is CP(C)(=O)c1ccccc1Nc1nc(Nc2ccc(N3CC4(CC(=O)C4)C3)c([N+](=O)[O-])c2)ncc1Cl. The molecule has 2 aromatic carbocycles. The summed E-state index contributed by atoms with van der Waals surface area (Å²) in [6.45, 7) is 4.66. The molecule has 0 atom stereocenters. The van der Waals surface area contributed by atoms with Gasteiger partial charge in [0.2, 0.25) is 5.95 Å². The number of aromatic nitrogens is 2. The molecule has 1 saturated heterocycles. The van der Waals surface area contributed by atoms with Crippen molar-refractivity contribution >= 4 is 64.3 Å². The van der Waals surface area contributed by atoms with Crippen LogP contribution in [0.1, 0.15) is 12.8 Å². The van der Waals surface area contributed by atoms with Crippen molar-refractivity contribution in [1.29, 1.82) is 0 Å². The van der Waals surface area contributed by atoms with E-state index in [0.717, 1.165) is 0 Å². The van der Waals surface area contributed by atoms with Gasteiger partial charge in [-0.05, 0) is 37.6 Å². The molecule has 2 heterocycles. The zero-order chi connectivity index (χ0) is 25.7. The van der Waals surface area contributed by atoms with Gasteiger partial charge in [-0.15, -0.1) is 0 Å². The fraction of sp³-hybridized carbons (Fsp3) is 0.292. The van der Waals surface area contributed by atoms with Crippen molar-refractivity contribution in [2.45, 2.75) is 12.8 Å². The van der Waals surface area contributed by atoms with Gasteiger partial charge in [0.1, 0.15) is 23.6 Å². The maximum Gasteiger partial charge on any atom is 0.294 e. The first-order chi connectivity index (χ1) is 17.0. The van der Waals surface area contributed by atoms with Gasteiger partial charge in [-0.1, -0.05) is 23.7 Å². The number of nitrogens with zero attached hydrogens (tertiary/aromatic N) is 4. The minimum Gasteiger partial charge on any atom is -0.365 e. The Morgan fingerprint density at radius 2 is 1.86 bits per heavy atom. The monoisotopic (exact) mass is 526 g/mol. The summed E-state index contributed by atoms with van der Waals surface area (Å²) < 4.78 is 12.7. The van der Waals surface area contributed by atoms with E-state index in [0.29, 0.717) is 54.1 Å². The molecule has 10 nitrogen and oxygen atoms in total. The molecule has 1 aliphatic heterocycles. The van der Waals surface area contributed by atoms with Gasteiger partial charge in [0, 0.05) is 48.4 Å². The van der Waals surface area contributed by atoms with Crippen molar-refractivity contribution in [3.05, 3.63) is 63.8 Å². The Bertz CT molecular complexity index is 1430. The fourth-order valence-electron chi connectivity index (χ4n) is 4.78. The minimum absolute atomic E-state index is 0.00959. The maximum atomic E-state index is 12.7. The third-order valence-electron chi connectivity index (χ3n) is 6.45. The van der Waals surface area contributed by atoms with Crippen LogP contribution in [-0.2, 0) is 9.36 Å². The Hall–Kier alpha value is -3.49. The van der Waals surface area contributed by atoms with Gasteiger partial charge in [0.15, 0.2) is 5.82 Å². The number of anilines is 5. The zero-order valence-electron chi connectivity index (χ0n) is 19.7.